The van der Waals surface area contributed by atoms with Crippen LogP contribution in [0.15, 0.2) is 65.7 Å². The monoisotopic (exact) mass is 352 g/mol. The number of rotatable bonds is 6. The quantitative estimate of drug-likeness (QED) is 0.640. The lowest BCUT2D eigenvalue weighted by Crippen LogP contribution is -2.44. The van der Waals surface area contributed by atoms with Crippen molar-refractivity contribution in [1.82, 2.24) is 5.32 Å². The van der Waals surface area contributed by atoms with Gasteiger partial charge in [0.2, 0.25) is 0 Å². The van der Waals surface area contributed by atoms with Gasteiger partial charge in [-0.05, 0) is 24.6 Å². The third kappa shape index (κ3) is 4.27. The van der Waals surface area contributed by atoms with Gasteiger partial charge in [-0.2, -0.15) is 0 Å². The zero-order valence-electron chi connectivity index (χ0n) is 14.4. The summed E-state index contributed by atoms with van der Waals surface area (Å²) in [5, 5.41) is 2.75. The first-order chi connectivity index (χ1) is 12.6. The smallest absolute Gasteiger partial charge is 0.341 e. The Labute approximate surface area is 151 Å². The number of nitrogens with one attached hydrogen (secondary N) is 1. The Bertz CT molecular complexity index is 790. The molecule has 2 amide bonds. The van der Waals surface area contributed by atoms with Gasteiger partial charge in [-0.1, -0.05) is 48.5 Å². The molecule has 6 heteroatoms. The highest BCUT2D eigenvalue weighted by molar-refractivity contribution is 6.08. The highest BCUT2D eigenvalue weighted by Gasteiger charge is 2.37. The molecule has 0 fully saturated rings. The molecule has 0 aliphatic carbocycles. The first-order valence-corrected chi connectivity index (χ1v) is 8.40. The molecule has 3 rings (SSSR count). The fraction of sp³-hybridized carbons (Fsp3) is 0.250. The molecular formula is C20H20N2O4. The number of para-hydroxylation sites is 1. The Morgan fingerprint density at radius 2 is 1.69 bits per heavy atom. The van der Waals surface area contributed by atoms with Crippen molar-refractivity contribution in [2.45, 2.75) is 13.0 Å². The van der Waals surface area contributed by atoms with Crippen molar-refractivity contribution in [2.75, 3.05) is 13.2 Å². The summed E-state index contributed by atoms with van der Waals surface area (Å²) in [7, 11) is 0. The Kier molecular flexibility index (Phi) is 5.63. The van der Waals surface area contributed by atoms with Crippen LogP contribution in [0, 0.1) is 5.92 Å². The van der Waals surface area contributed by atoms with Gasteiger partial charge in [-0.25, -0.2) is 9.79 Å². The second-order valence-corrected chi connectivity index (χ2v) is 5.90. The van der Waals surface area contributed by atoms with E-state index >= 15 is 0 Å². The fourth-order valence-electron chi connectivity index (χ4n) is 2.87. The van der Waals surface area contributed by atoms with E-state index in [1.165, 1.54) is 0 Å². The van der Waals surface area contributed by atoms with E-state index < -0.39 is 24.0 Å². The number of nitrogens with zero attached hydrogens (tertiary/aromatic N) is 1. The number of carbonyl (C=O) groups excluding carboxylic acids is 2. The van der Waals surface area contributed by atoms with E-state index in [9.17, 15) is 9.59 Å². The van der Waals surface area contributed by atoms with Crippen molar-refractivity contribution >= 4 is 17.7 Å². The number of hydrogen-bond acceptors (Lipinski definition) is 4. The van der Waals surface area contributed by atoms with Crippen LogP contribution in [0.3, 0.4) is 0 Å². The number of amides is 2. The summed E-state index contributed by atoms with van der Waals surface area (Å²) >= 11 is 0. The van der Waals surface area contributed by atoms with Crippen molar-refractivity contribution in [3.63, 3.8) is 0 Å². The molecule has 0 saturated heterocycles. The van der Waals surface area contributed by atoms with Crippen LogP contribution in [0.2, 0.25) is 0 Å². The van der Waals surface area contributed by atoms with Gasteiger partial charge in [0.15, 0.2) is 0 Å². The van der Waals surface area contributed by atoms with Gasteiger partial charge in [0.1, 0.15) is 24.9 Å². The largest absolute Gasteiger partial charge is 0.490 e. The molecule has 1 heterocycles. The summed E-state index contributed by atoms with van der Waals surface area (Å²) in [5.41, 5.74) is 1.27. The molecule has 2 unspecified atom stereocenters. The molecular weight excluding hydrogens is 332 g/mol. The van der Waals surface area contributed by atoms with Crippen molar-refractivity contribution < 1.29 is 19.1 Å². The van der Waals surface area contributed by atoms with Gasteiger partial charge < -0.3 is 14.8 Å². The lowest BCUT2D eigenvalue weighted by atomic mass is 9.88. The highest BCUT2D eigenvalue weighted by atomic mass is 16.6. The normalized spacial score (nSPS) is 19.3. The molecule has 2 atom stereocenters. The van der Waals surface area contributed by atoms with E-state index in [1.807, 2.05) is 60.7 Å². The van der Waals surface area contributed by atoms with E-state index in [4.69, 9.17) is 9.47 Å². The van der Waals surface area contributed by atoms with Crippen LogP contribution >= 0.6 is 0 Å². The molecule has 6 nitrogen and oxygen atoms in total. The van der Waals surface area contributed by atoms with Gasteiger partial charge in [-0.3, -0.25) is 4.79 Å². The second kappa shape index (κ2) is 8.29. The number of benzene rings is 2. The Balaban J connectivity index is 1.63. The number of urea groups is 1. The maximum absolute atomic E-state index is 12.6. The van der Waals surface area contributed by atoms with Crippen molar-refractivity contribution in [3.8, 4) is 5.75 Å². The Hall–Kier alpha value is -3.15. The van der Waals surface area contributed by atoms with E-state index in [-0.39, 0.29) is 13.2 Å². The maximum Gasteiger partial charge on any atom is 0.341 e. The average Bonchev–Trinajstić information content (AvgIpc) is 2.66. The van der Waals surface area contributed by atoms with E-state index in [1.54, 1.807) is 6.92 Å². The van der Waals surface area contributed by atoms with Crippen molar-refractivity contribution in [1.29, 1.82) is 0 Å². The summed E-state index contributed by atoms with van der Waals surface area (Å²) in [4.78, 5) is 28.2. The molecule has 0 saturated carbocycles. The first kappa shape index (κ1) is 17.7. The SMILES string of the molecule is CC1=NC(=O)NC(c2ccccc2)C1C(=O)OCCOc1ccccc1. The van der Waals surface area contributed by atoms with Gasteiger partial charge in [0.05, 0.1) is 6.04 Å². The predicted molar refractivity (Wildman–Crippen MR) is 97.2 cm³/mol. The summed E-state index contributed by atoms with van der Waals surface area (Å²) in [6.45, 7) is 2.04. The number of carbonyl (C=O) groups is 2. The molecule has 0 radical (unpaired) electrons. The van der Waals surface area contributed by atoms with E-state index in [2.05, 4.69) is 10.3 Å². The van der Waals surface area contributed by atoms with Gasteiger partial charge >= 0.3 is 12.0 Å². The third-order valence-corrected chi connectivity index (χ3v) is 4.09. The highest BCUT2D eigenvalue weighted by Crippen LogP contribution is 2.27. The van der Waals surface area contributed by atoms with Crippen LogP contribution in [-0.4, -0.2) is 30.9 Å². The molecule has 1 N–H and O–H groups in total. The number of ether oxygens (including phenoxy) is 2. The zero-order valence-corrected chi connectivity index (χ0v) is 14.4. The van der Waals surface area contributed by atoms with Crippen LogP contribution in [0.4, 0.5) is 4.79 Å². The lowest BCUT2D eigenvalue weighted by Gasteiger charge is -2.29. The minimum absolute atomic E-state index is 0.118. The van der Waals surface area contributed by atoms with E-state index in [0.717, 1.165) is 5.56 Å². The van der Waals surface area contributed by atoms with Crippen LogP contribution < -0.4 is 10.1 Å². The molecule has 2 aromatic rings. The van der Waals surface area contributed by atoms with Gasteiger partial charge in [0, 0.05) is 5.71 Å². The Morgan fingerprint density at radius 3 is 2.38 bits per heavy atom. The molecule has 2 aromatic carbocycles. The average molecular weight is 352 g/mol. The van der Waals surface area contributed by atoms with Crippen molar-refractivity contribution in [3.05, 3.63) is 66.2 Å². The number of hydrogen-bond donors (Lipinski definition) is 1. The van der Waals surface area contributed by atoms with Crippen molar-refractivity contribution in [2.24, 2.45) is 10.9 Å². The van der Waals surface area contributed by atoms with Crippen LogP contribution in [0.5, 0.6) is 5.75 Å². The standard InChI is InChI=1S/C20H20N2O4/c1-14-17(18(22-20(24)21-14)15-8-4-2-5-9-15)19(23)26-13-12-25-16-10-6-3-7-11-16/h2-11,17-18H,12-13H2,1H3,(H,22,24). The summed E-state index contributed by atoms with van der Waals surface area (Å²) in [6.07, 6.45) is 0. The topological polar surface area (TPSA) is 77.0 Å². The number of aliphatic imine (C=N–C) groups is 1. The van der Waals surface area contributed by atoms with Crippen LogP contribution in [0.1, 0.15) is 18.5 Å². The molecule has 134 valence electrons. The Morgan fingerprint density at radius 1 is 1.04 bits per heavy atom. The minimum Gasteiger partial charge on any atom is -0.490 e. The van der Waals surface area contributed by atoms with E-state index in [0.29, 0.717) is 11.5 Å². The van der Waals surface area contributed by atoms with Crippen LogP contribution in [0.25, 0.3) is 0 Å². The summed E-state index contributed by atoms with van der Waals surface area (Å²) in [5.74, 6) is -0.378. The number of esters is 1. The molecule has 0 aromatic heterocycles. The second-order valence-electron chi connectivity index (χ2n) is 5.90. The first-order valence-electron chi connectivity index (χ1n) is 8.40. The summed E-state index contributed by atoms with van der Waals surface area (Å²) < 4.78 is 10.9. The third-order valence-electron chi connectivity index (χ3n) is 4.09. The zero-order chi connectivity index (χ0) is 18.4. The minimum atomic E-state index is -0.660. The fourth-order valence-corrected chi connectivity index (χ4v) is 2.87. The molecule has 1 aliphatic rings. The molecule has 26 heavy (non-hydrogen) atoms. The van der Waals surface area contributed by atoms with Gasteiger partial charge in [0.25, 0.3) is 0 Å². The molecule has 0 bridgehead atoms. The lowest BCUT2D eigenvalue weighted by molar-refractivity contribution is -0.147. The van der Waals surface area contributed by atoms with Crippen LogP contribution in [-0.2, 0) is 9.53 Å². The van der Waals surface area contributed by atoms with Gasteiger partial charge in [-0.15, -0.1) is 0 Å². The maximum atomic E-state index is 12.6. The molecule has 0 spiro atoms. The molecule has 1 aliphatic heterocycles. The predicted octanol–water partition coefficient (Wildman–Crippen LogP) is 3.15. The summed E-state index contributed by atoms with van der Waals surface area (Å²) in [6, 6.07) is 17.7.